The molecule has 4 rings (SSSR count). The van der Waals surface area contributed by atoms with Gasteiger partial charge in [0.1, 0.15) is 11.5 Å². The van der Waals surface area contributed by atoms with Crippen molar-refractivity contribution in [3.63, 3.8) is 0 Å². The minimum Gasteiger partial charge on any atom is -0.465 e. The molecule has 26 heavy (non-hydrogen) atoms. The van der Waals surface area contributed by atoms with Crippen molar-refractivity contribution in [2.24, 2.45) is 0 Å². The number of ether oxygens (including phenoxy) is 1. The fraction of sp³-hybridized carbons (Fsp3) is 0.316. The number of hydrogen-bond acceptors (Lipinski definition) is 6. The number of nitrogens with one attached hydrogen (secondary N) is 1. The lowest BCUT2D eigenvalue weighted by molar-refractivity contribution is 0.180. The van der Waals surface area contributed by atoms with Gasteiger partial charge in [-0.25, -0.2) is 4.68 Å². The average molecular weight is 352 g/mol. The summed E-state index contributed by atoms with van der Waals surface area (Å²) in [5.74, 6) is 1.74. The first-order valence-corrected chi connectivity index (χ1v) is 8.57. The maximum absolute atomic E-state index is 12.4. The Morgan fingerprint density at radius 2 is 2.15 bits per heavy atom. The minimum absolute atomic E-state index is 0.0187. The van der Waals surface area contributed by atoms with E-state index < -0.39 is 0 Å². The van der Waals surface area contributed by atoms with Crippen LogP contribution in [0.2, 0.25) is 0 Å². The first-order chi connectivity index (χ1) is 12.7. The number of aromatic nitrogens is 3. The fourth-order valence-electron chi connectivity index (χ4n) is 3.12. The summed E-state index contributed by atoms with van der Waals surface area (Å²) in [6, 6.07) is 10.7. The summed E-state index contributed by atoms with van der Waals surface area (Å²) in [6.07, 6.45) is 3.44. The zero-order valence-corrected chi connectivity index (χ0v) is 14.5. The molecule has 2 atom stereocenters. The molecule has 1 N–H and O–H groups in total. The molecule has 3 aromatic rings. The largest absolute Gasteiger partial charge is 0.465 e. The van der Waals surface area contributed by atoms with Crippen LogP contribution in [0.4, 0.5) is 0 Å². The highest BCUT2D eigenvalue weighted by atomic mass is 16.5. The molecule has 1 fully saturated rings. The second-order valence-corrected chi connectivity index (χ2v) is 6.35. The number of aryl methyl sites for hydroxylation is 1. The number of nitrogens with zero attached hydrogens (tertiary/aromatic N) is 3. The molecular formula is C19H20N4O3. The summed E-state index contributed by atoms with van der Waals surface area (Å²) in [6.45, 7) is 3.46. The van der Waals surface area contributed by atoms with Gasteiger partial charge in [-0.1, -0.05) is 0 Å². The Morgan fingerprint density at radius 1 is 1.23 bits per heavy atom. The molecule has 4 heterocycles. The van der Waals surface area contributed by atoms with Crippen molar-refractivity contribution >= 4 is 0 Å². The first-order valence-electron chi connectivity index (χ1n) is 8.57. The summed E-state index contributed by atoms with van der Waals surface area (Å²) in [7, 11) is 0. The third kappa shape index (κ3) is 3.44. The Hall–Kier alpha value is -2.77. The van der Waals surface area contributed by atoms with Crippen molar-refractivity contribution in [3.8, 4) is 11.3 Å². The zero-order chi connectivity index (χ0) is 17.9. The van der Waals surface area contributed by atoms with Crippen LogP contribution >= 0.6 is 0 Å². The lowest BCUT2D eigenvalue weighted by Gasteiger charge is -2.20. The fourth-order valence-corrected chi connectivity index (χ4v) is 3.12. The van der Waals surface area contributed by atoms with Crippen LogP contribution in [0.25, 0.3) is 11.3 Å². The molecule has 1 aliphatic rings. The van der Waals surface area contributed by atoms with Gasteiger partial charge in [0.15, 0.2) is 0 Å². The van der Waals surface area contributed by atoms with Crippen LogP contribution in [0.5, 0.6) is 0 Å². The Kier molecular flexibility index (Phi) is 4.64. The summed E-state index contributed by atoms with van der Waals surface area (Å²) >= 11 is 0. The highest BCUT2D eigenvalue weighted by Gasteiger charge is 2.31. The molecule has 0 aliphatic carbocycles. The normalized spacial score (nSPS) is 19.7. The Balaban J connectivity index is 1.56. The summed E-state index contributed by atoms with van der Waals surface area (Å²) in [5.41, 5.74) is 1.44. The zero-order valence-electron chi connectivity index (χ0n) is 14.5. The van der Waals surface area contributed by atoms with Gasteiger partial charge in [-0.05, 0) is 37.3 Å². The van der Waals surface area contributed by atoms with Crippen LogP contribution in [0.3, 0.4) is 0 Å². The summed E-state index contributed by atoms with van der Waals surface area (Å²) < 4.78 is 12.7. The molecule has 0 aromatic carbocycles. The van der Waals surface area contributed by atoms with Gasteiger partial charge in [0.2, 0.25) is 0 Å². The Bertz CT molecular complexity index is 935. The first kappa shape index (κ1) is 16.7. The Labute approximate surface area is 150 Å². The van der Waals surface area contributed by atoms with Crippen molar-refractivity contribution in [2.45, 2.75) is 25.6 Å². The number of hydrogen-bond donors (Lipinski definition) is 1. The van der Waals surface area contributed by atoms with E-state index >= 15 is 0 Å². The van der Waals surface area contributed by atoms with Gasteiger partial charge in [-0.2, -0.15) is 5.10 Å². The van der Waals surface area contributed by atoms with Gasteiger partial charge >= 0.3 is 0 Å². The van der Waals surface area contributed by atoms with Gasteiger partial charge in [-0.3, -0.25) is 9.78 Å². The van der Waals surface area contributed by atoms with Crippen LogP contribution < -0.4 is 10.9 Å². The predicted molar refractivity (Wildman–Crippen MR) is 95.7 cm³/mol. The monoisotopic (exact) mass is 352 g/mol. The SMILES string of the molecule is Cc1ccc(CNC2COCC2n2nc(-c3cccnc3)ccc2=O)o1. The lowest BCUT2D eigenvalue weighted by Crippen LogP contribution is -2.41. The van der Waals surface area contributed by atoms with Crippen molar-refractivity contribution in [3.05, 3.63) is 70.7 Å². The lowest BCUT2D eigenvalue weighted by atomic mass is 10.1. The summed E-state index contributed by atoms with van der Waals surface area (Å²) in [5, 5.41) is 7.97. The van der Waals surface area contributed by atoms with Gasteiger partial charge < -0.3 is 14.5 Å². The molecule has 134 valence electrons. The second kappa shape index (κ2) is 7.23. The number of rotatable bonds is 5. The van der Waals surface area contributed by atoms with E-state index in [4.69, 9.17) is 9.15 Å². The molecule has 3 aromatic heterocycles. The van der Waals surface area contributed by atoms with E-state index in [9.17, 15) is 4.79 Å². The van der Waals surface area contributed by atoms with Crippen LogP contribution in [0, 0.1) is 6.92 Å². The van der Waals surface area contributed by atoms with Gasteiger partial charge in [0.25, 0.3) is 5.56 Å². The second-order valence-electron chi connectivity index (χ2n) is 6.35. The molecule has 0 bridgehead atoms. The predicted octanol–water partition coefficient (Wildman–Crippen LogP) is 1.94. The molecule has 0 amide bonds. The molecular weight excluding hydrogens is 332 g/mol. The molecule has 0 saturated carbocycles. The average Bonchev–Trinajstić information content (AvgIpc) is 3.30. The Morgan fingerprint density at radius 3 is 2.92 bits per heavy atom. The van der Waals surface area contributed by atoms with Gasteiger partial charge in [0, 0.05) is 24.0 Å². The van der Waals surface area contributed by atoms with E-state index in [1.807, 2.05) is 31.2 Å². The standard InChI is InChI=1S/C19H20N4O3/c1-13-4-5-15(26-13)10-21-17-11-25-12-18(17)23-19(24)7-6-16(22-23)14-3-2-8-20-9-14/h2-9,17-18,21H,10-12H2,1H3. The molecule has 2 unspecified atom stereocenters. The van der Waals surface area contributed by atoms with E-state index in [0.29, 0.717) is 25.5 Å². The maximum Gasteiger partial charge on any atom is 0.267 e. The number of furan rings is 1. The van der Waals surface area contributed by atoms with E-state index in [1.165, 1.54) is 4.68 Å². The minimum atomic E-state index is -0.171. The third-order valence-electron chi connectivity index (χ3n) is 4.48. The molecule has 7 nitrogen and oxygen atoms in total. The van der Waals surface area contributed by atoms with E-state index in [-0.39, 0.29) is 17.6 Å². The topological polar surface area (TPSA) is 82.2 Å². The van der Waals surface area contributed by atoms with Gasteiger partial charge in [-0.15, -0.1) is 0 Å². The van der Waals surface area contributed by atoms with E-state index in [1.54, 1.807) is 24.5 Å². The van der Waals surface area contributed by atoms with Crippen molar-refractivity contribution < 1.29 is 9.15 Å². The van der Waals surface area contributed by atoms with Crippen molar-refractivity contribution in [2.75, 3.05) is 13.2 Å². The van der Waals surface area contributed by atoms with E-state index in [2.05, 4.69) is 15.4 Å². The number of pyridine rings is 1. The van der Waals surface area contributed by atoms with Crippen LogP contribution in [-0.2, 0) is 11.3 Å². The van der Waals surface area contributed by atoms with E-state index in [0.717, 1.165) is 17.1 Å². The molecule has 0 radical (unpaired) electrons. The van der Waals surface area contributed by atoms with Crippen molar-refractivity contribution in [1.29, 1.82) is 0 Å². The van der Waals surface area contributed by atoms with Crippen LogP contribution in [-0.4, -0.2) is 34.0 Å². The maximum atomic E-state index is 12.4. The molecule has 1 saturated heterocycles. The van der Waals surface area contributed by atoms with Crippen LogP contribution in [0.1, 0.15) is 17.6 Å². The quantitative estimate of drug-likeness (QED) is 0.756. The van der Waals surface area contributed by atoms with Crippen LogP contribution in [0.15, 0.2) is 58.0 Å². The molecule has 0 spiro atoms. The summed E-state index contributed by atoms with van der Waals surface area (Å²) in [4.78, 5) is 16.5. The highest BCUT2D eigenvalue weighted by molar-refractivity contribution is 5.56. The molecule has 7 heteroatoms. The molecule has 1 aliphatic heterocycles. The third-order valence-corrected chi connectivity index (χ3v) is 4.48. The highest BCUT2D eigenvalue weighted by Crippen LogP contribution is 2.20. The smallest absolute Gasteiger partial charge is 0.267 e. The van der Waals surface area contributed by atoms with Gasteiger partial charge in [0.05, 0.1) is 37.5 Å². The van der Waals surface area contributed by atoms with Crippen molar-refractivity contribution in [1.82, 2.24) is 20.1 Å².